The van der Waals surface area contributed by atoms with Crippen molar-refractivity contribution in [2.24, 2.45) is 0 Å². The van der Waals surface area contributed by atoms with E-state index in [1.807, 2.05) is 13.0 Å². The van der Waals surface area contributed by atoms with Crippen molar-refractivity contribution in [3.05, 3.63) is 28.3 Å². The van der Waals surface area contributed by atoms with Gasteiger partial charge in [0, 0.05) is 42.5 Å². The molecule has 0 aromatic heterocycles. The number of carbonyl (C=O) groups excluding carboxylic acids is 1. The van der Waals surface area contributed by atoms with Crippen LogP contribution in [0, 0.1) is 6.92 Å². The van der Waals surface area contributed by atoms with Gasteiger partial charge < -0.3 is 57.8 Å². The average Bonchev–Trinajstić information content (AvgIpc) is 3.89. The Labute approximate surface area is 277 Å². The van der Waals surface area contributed by atoms with Gasteiger partial charge in [-0.05, 0) is 31.4 Å². The summed E-state index contributed by atoms with van der Waals surface area (Å²) in [5.41, 5.74) is 0.551. The molecule has 1 saturated carbocycles. The highest BCUT2D eigenvalue weighted by molar-refractivity contribution is 6.11. The molecule has 13 heteroatoms. The number of Topliss-reactive ketones (excluding diaryl/α,β-unsaturated/α-hetero) is 1. The number of ether oxygens (including phenoxy) is 10. The highest BCUT2D eigenvalue weighted by atomic mass is 16.9. The van der Waals surface area contributed by atoms with Crippen LogP contribution in [0.5, 0.6) is 17.2 Å². The lowest BCUT2D eigenvalue weighted by Gasteiger charge is -2.47. The molecule has 13 nitrogen and oxygen atoms in total. The summed E-state index contributed by atoms with van der Waals surface area (Å²) in [6, 6.07) is 2.22. The number of fused-ring (bicyclic) bond motifs is 5. The molecule has 2 spiro atoms. The Hall–Kier alpha value is -2.59. The number of nitrogens with one attached hydrogen (secondary N) is 1. The Kier molecular flexibility index (Phi) is 6.18. The van der Waals surface area contributed by atoms with E-state index < -0.39 is 47.4 Å². The van der Waals surface area contributed by atoms with Crippen LogP contribution in [-0.4, -0.2) is 111 Å². The van der Waals surface area contributed by atoms with Crippen LogP contribution in [0.25, 0.3) is 10.8 Å². The number of phenolic OH excluding ortho intramolecular Hbond substituents is 1. The molecule has 9 atom stereocenters. The molecule has 2 aliphatic carbocycles. The van der Waals surface area contributed by atoms with E-state index in [4.69, 9.17) is 47.4 Å². The number of hydrogen-bond acceptors (Lipinski definition) is 13. The molecule has 48 heavy (non-hydrogen) atoms. The quantitative estimate of drug-likeness (QED) is 0.418. The molecule has 4 bridgehead atoms. The summed E-state index contributed by atoms with van der Waals surface area (Å²) in [6.45, 7) is 7.66. The van der Waals surface area contributed by atoms with E-state index in [0.717, 1.165) is 16.7 Å². The molecule has 6 fully saturated rings. The lowest BCUT2D eigenvalue weighted by atomic mass is 9.78. The van der Waals surface area contributed by atoms with Crippen molar-refractivity contribution >= 4 is 16.6 Å². The maximum absolute atomic E-state index is 13.3. The number of epoxide rings is 2. The topological polar surface area (TPSA) is 148 Å². The van der Waals surface area contributed by atoms with E-state index in [9.17, 15) is 9.90 Å². The highest BCUT2D eigenvalue weighted by Gasteiger charge is 3.07. The summed E-state index contributed by atoms with van der Waals surface area (Å²) in [6.07, 6.45) is -0.274. The van der Waals surface area contributed by atoms with Gasteiger partial charge in [0.1, 0.15) is 23.4 Å². The summed E-state index contributed by atoms with van der Waals surface area (Å²) in [5.74, 6) is -2.47. The fraction of sp³-hybridized carbons (Fsp3) is 0.686. The van der Waals surface area contributed by atoms with Crippen molar-refractivity contribution in [1.82, 2.24) is 5.32 Å². The average molecular weight is 668 g/mol. The number of carbonyl (C=O) groups is 1. The summed E-state index contributed by atoms with van der Waals surface area (Å²) in [7, 11) is 3.28. The standard InChI is InChI=1S/C35H41NO12/c1-15(2)36-19-13-43-22(12-21(19)39-4)45-34-30-26(33(32(34)14-44-32)35(47-30,48-33)31-41-9-10-42-31)23-16(3)11-18-25(29(23)46-34)27(38)24-17(28(18)40-5)7-6-8-20(24)37/h11,15,19,21-22,26,30-31,36,38H,6-10,12-14H2,1-5H3/t19?,21?,22?,26?,30?,32-,33?,34-,35?/m1/s1. The summed E-state index contributed by atoms with van der Waals surface area (Å²) in [4.78, 5) is 13.3. The lowest BCUT2D eigenvalue weighted by Crippen LogP contribution is -2.67. The number of ketones is 1. The van der Waals surface area contributed by atoms with E-state index in [0.29, 0.717) is 67.8 Å². The predicted octanol–water partition coefficient (Wildman–Crippen LogP) is 2.72. The van der Waals surface area contributed by atoms with Crippen LogP contribution in [0.1, 0.15) is 66.1 Å². The first kappa shape index (κ1) is 30.3. The second-order valence-electron chi connectivity index (χ2n) is 14.7. The van der Waals surface area contributed by atoms with Crippen molar-refractivity contribution in [1.29, 1.82) is 0 Å². The van der Waals surface area contributed by atoms with Gasteiger partial charge in [0.15, 0.2) is 23.3 Å². The second-order valence-corrected chi connectivity index (χ2v) is 14.7. The maximum atomic E-state index is 13.3. The van der Waals surface area contributed by atoms with Crippen LogP contribution in [0.4, 0.5) is 0 Å². The van der Waals surface area contributed by atoms with Crippen LogP contribution in [-0.2, 0) is 44.3 Å². The van der Waals surface area contributed by atoms with Gasteiger partial charge in [-0.3, -0.25) is 4.79 Å². The molecule has 0 amide bonds. The van der Waals surface area contributed by atoms with Crippen molar-refractivity contribution in [3.8, 4) is 17.2 Å². The molecule has 8 aliphatic rings. The van der Waals surface area contributed by atoms with Crippen LogP contribution in [0.3, 0.4) is 0 Å². The summed E-state index contributed by atoms with van der Waals surface area (Å²) >= 11 is 0. The van der Waals surface area contributed by atoms with Gasteiger partial charge in [-0.25, -0.2) is 0 Å². The van der Waals surface area contributed by atoms with Gasteiger partial charge in [-0.1, -0.05) is 13.8 Å². The van der Waals surface area contributed by atoms with Gasteiger partial charge in [0.2, 0.25) is 6.29 Å². The van der Waals surface area contributed by atoms with E-state index in [1.165, 1.54) is 0 Å². The fourth-order valence-corrected chi connectivity index (χ4v) is 10.1. The van der Waals surface area contributed by atoms with Crippen LogP contribution in [0.2, 0.25) is 0 Å². The molecular weight excluding hydrogens is 626 g/mol. The first-order chi connectivity index (χ1) is 23.2. The number of phenols is 1. The smallest absolute Gasteiger partial charge is 0.274 e. The molecule has 2 N–H and O–H groups in total. The van der Waals surface area contributed by atoms with Gasteiger partial charge in [-0.15, -0.1) is 0 Å². The Morgan fingerprint density at radius 3 is 2.62 bits per heavy atom. The van der Waals surface area contributed by atoms with E-state index >= 15 is 0 Å². The molecule has 7 unspecified atom stereocenters. The second kappa shape index (κ2) is 9.80. The first-order valence-electron chi connectivity index (χ1n) is 17.1. The van der Waals surface area contributed by atoms with E-state index in [-0.39, 0.29) is 41.9 Å². The van der Waals surface area contributed by atoms with Crippen LogP contribution in [0.15, 0.2) is 6.07 Å². The SMILES string of the molecule is COc1c2c(c(O)c3c4c(c(C)cc13)C1C3OC5(C6OCCO6)OC15[C@]1(CO1)[C@]3(OC1CC(OC)C(NC(C)C)CO1)O4)C(=O)CCC2. The first-order valence-corrected chi connectivity index (χ1v) is 17.1. The normalized spacial score (nSPS) is 41.9. The maximum Gasteiger partial charge on any atom is 0.274 e. The highest BCUT2D eigenvalue weighted by Crippen LogP contribution is 2.85. The van der Waals surface area contributed by atoms with Gasteiger partial charge in [0.25, 0.3) is 11.6 Å². The monoisotopic (exact) mass is 667 g/mol. The minimum absolute atomic E-state index is 0.0232. The minimum Gasteiger partial charge on any atom is -0.506 e. The van der Waals surface area contributed by atoms with Crippen LogP contribution >= 0.6 is 0 Å². The number of benzene rings is 2. The zero-order valence-electron chi connectivity index (χ0n) is 27.7. The Bertz CT molecular complexity index is 1750. The molecule has 5 saturated heterocycles. The third-order valence-corrected chi connectivity index (χ3v) is 11.9. The van der Waals surface area contributed by atoms with Crippen molar-refractivity contribution < 1.29 is 57.3 Å². The molecule has 2 aromatic carbocycles. The summed E-state index contributed by atoms with van der Waals surface area (Å²) < 4.78 is 64.6. The largest absolute Gasteiger partial charge is 0.506 e. The third kappa shape index (κ3) is 3.36. The minimum atomic E-state index is -1.54. The van der Waals surface area contributed by atoms with Crippen molar-refractivity contribution in [2.75, 3.05) is 40.6 Å². The number of aromatic hydroxyl groups is 1. The molecule has 10 rings (SSSR count). The zero-order chi connectivity index (χ0) is 33.0. The molecule has 258 valence electrons. The molecule has 0 radical (unpaired) electrons. The fourth-order valence-electron chi connectivity index (χ4n) is 10.1. The van der Waals surface area contributed by atoms with Gasteiger partial charge in [0.05, 0.1) is 62.6 Å². The van der Waals surface area contributed by atoms with E-state index in [2.05, 4.69) is 19.2 Å². The Morgan fingerprint density at radius 1 is 1.12 bits per heavy atom. The number of hydrogen-bond donors (Lipinski definition) is 2. The van der Waals surface area contributed by atoms with E-state index in [1.54, 1.807) is 14.2 Å². The van der Waals surface area contributed by atoms with Gasteiger partial charge in [-0.2, -0.15) is 0 Å². The number of rotatable bonds is 7. The lowest BCUT2D eigenvalue weighted by molar-refractivity contribution is -0.364. The third-order valence-electron chi connectivity index (χ3n) is 11.9. The number of aryl methyl sites for hydroxylation is 1. The van der Waals surface area contributed by atoms with Gasteiger partial charge >= 0.3 is 0 Å². The van der Waals surface area contributed by atoms with Crippen LogP contribution < -0.4 is 14.8 Å². The van der Waals surface area contributed by atoms with Crippen molar-refractivity contribution in [3.63, 3.8) is 0 Å². The Balaban J connectivity index is 1.16. The zero-order valence-corrected chi connectivity index (χ0v) is 27.7. The number of methoxy groups -OCH3 is 2. The molecule has 2 aromatic rings. The molecule has 6 heterocycles. The molecular formula is C35H41NO12. The Morgan fingerprint density at radius 2 is 1.92 bits per heavy atom. The summed E-state index contributed by atoms with van der Waals surface area (Å²) in [5, 5.41) is 16.6. The van der Waals surface area contributed by atoms with Crippen molar-refractivity contribution in [2.45, 2.75) is 112 Å². The molecule has 6 aliphatic heterocycles. The predicted molar refractivity (Wildman–Crippen MR) is 164 cm³/mol.